The fourth-order valence-corrected chi connectivity index (χ4v) is 3.29. The zero-order chi connectivity index (χ0) is 12.6. The first-order valence-electron chi connectivity index (χ1n) is 6.66. The van der Waals surface area contributed by atoms with Crippen molar-refractivity contribution in [1.29, 1.82) is 0 Å². The lowest BCUT2D eigenvalue weighted by Gasteiger charge is -2.37. The maximum absolute atomic E-state index is 11.9. The number of amides is 3. The van der Waals surface area contributed by atoms with Gasteiger partial charge in [-0.25, -0.2) is 4.79 Å². The molecule has 2 aliphatic rings. The number of imide groups is 1. The van der Waals surface area contributed by atoms with Crippen molar-refractivity contribution in [2.75, 3.05) is 6.54 Å². The van der Waals surface area contributed by atoms with Gasteiger partial charge in [-0.3, -0.25) is 10.1 Å². The molecule has 1 saturated heterocycles. The molecule has 0 aromatic heterocycles. The molecule has 4 atom stereocenters. The Morgan fingerprint density at radius 2 is 2.00 bits per heavy atom. The average molecular weight is 238 g/mol. The van der Waals surface area contributed by atoms with Crippen LogP contribution in [0, 0.1) is 17.8 Å². The average Bonchev–Trinajstić information content (AvgIpc) is 2.65. The Morgan fingerprint density at radius 3 is 2.59 bits per heavy atom. The van der Waals surface area contributed by atoms with E-state index in [0.717, 1.165) is 12.3 Å². The molecule has 3 amide bonds. The van der Waals surface area contributed by atoms with E-state index >= 15 is 0 Å². The smallest absolute Gasteiger partial charge is 0.320 e. The SMILES string of the molecule is CCC1CCC(N2CC(C)C(=O)NC2=O)C1C. The van der Waals surface area contributed by atoms with Crippen molar-refractivity contribution in [3.8, 4) is 0 Å². The standard InChI is InChI=1S/C13H22N2O2/c1-4-10-5-6-11(9(10)3)15-7-8(2)12(16)14-13(15)17/h8-11H,4-7H2,1-3H3,(H,14,16,17). The molecule has 4 unspecified atom stereocenters. The number of carbonyl (C=O) groups is 2. The summed E-state index contributed by atoms with van der Waals surface area (Å²) in [4.78, 5) is 25.2. The van der Waals surface area contributed by atoms with Crippen LogP contribution >= 0.6 is 0 Å². The zero-order valence-corrected chi connectivity index (χ0v) is 10.9. The minimum Gasteiger partial charge on any atom is -0.320 e. The summed E-state index contributed by atoms with van der Waals surface area (Å²) in [6, 6.07) is 0.122. The molecule has 1 heterocycles. The van der Waals surface area contributed by atoms with Crippen LogP contribution in [0.3, 0.4) is 0 Å². The highest BCUT2D eigenvalue weighted by Crippen LogP contribution is 2.37. The second-order valence-electron chi connectivity index (χ2n) is 5.52. The summed E-state index contributed by atoms with van der Waals surface area (Å²) in [6.07, 6.45) is 3.46. The van der Waals surface area contributed by atoms with Crippen molar-refractivity contribution in [2.24, 2.45) is 17.8 Å². The van der Waals surface area contributed by atoms with Gasteiger partial charge < -0.3 is 4.90 Å². The van der Waals surface area contributed by atoms with Crippen LogP contribution in [0.5, 0.6) is 0 Å². The normalized spacial score (nSPS) is 38.4. The highest BCUT2D eigenvalue weighted by atomic mass is 16.2. The Balaban J connectivity index is 2.07. The lowest BCUT2D eigenvalue weighted by molar-refractivity contribution is -0.125. The number of nitrogens with zero attached hydrogens (tertiary/aromatic N) is 1. The van der Waals surface area contributed by atoms with Crippen LogP contribution in [0.4, 0.5) is 4.79 Å². The Morgan fingerprint density at radius 1 is 1.29 bits per heavy atom. The van der Waals surface area contributed by atoms with E-state index in [9.17, 15) is 9.59 Å². The van der Waals surface area contributed by atoms with E-state index in [0.29, 0.717) is 18.5 Å². The molecule has 2 fully saturated rings. The summed E-state index contributed by atoms with van der Waals surface area (Å²) in [5.41, 5.74) is 0. The molecule has 1 saturated carbocycles. The molecule has 1 aliphatic heterocycles. The van der Waals surface area contributed by atoms with E-state index in [1.54, 1.807) is 0 Å². The topological polar surface area (TPSA) is 49.4 Å². The minimum atomic E-state index is -0.193. The molecule has 4 nitrogen and oxygen atoms in total. The van der Waals surface area contributed by atoms with Crippen LogP contribution in [0.15, 0.2) is 0 Å². The lowest BCUT2D eigenvalue weighted by Crippen LogP contribution is -2.57. The number of urea groups is 1. The van der Waals surface area contributed by atoms with Gasteiger partial charge in [-0.15, -0.1) is 0 Å². The van der Waals surface area contributed by atoms with Gasteiger partial charge in [-0.1, -0.05) is 27.2 Å². The predicted octanol–water partition coefficient (Wildman–Crippen LogP) is 2.00. The third kappa shape index (κ3) is 2.17. The summed E-state index contributed by atoms with van der Waals surface area (Å²) >= 11 is 0. The second-order valence-corrected chi connectivity index (χ2v) is 5.52. The van der Waals surface area contributed by atoms with E-state index in [4.69, 9.17) is 0 Å². The predicted molar refractivity (Wildman–Crippen MR) is 65.4 cm³/mol. The third-order valence-electron chi connectivity index (χ3n) is 4.52. The van der Waals surface area contributed by atoms with Gasteiger partial charge in [-0.2, -0.15) is 0 Å². The van der Waals surface area contributed by atoms with Crippen molar-refractivity contribution in [1.82, 2.24) is 10.2 Å². The van der Waals surface area contributed by atoms with Crippen molar-refractivity contribution < 1.29 is 9.59 Å². The van der Waals surface area contributed by atoms with Gasteiger partial charge in [0.1, 0.15) is 0 Å². The fraction of sp³-hybridized carbons (Fsp3) is 0.846. The van der Waals surface area contributed by atoms with E-state index < -0.39 is 0 Å². The van der Waals surface area contributed by atoms with Gasteiger partial charge in [0.2, 0.25) is 5.91 Å². The highest BCUT2D eigenvalue weighted by Gasteiger charge is 2.41. The largest absolute Gasteiger partial charge is 0.324 e. The molecule has 0 radical (unpaired) electrons. The summed E-state index contributed by atoms with van der Waals surface area (Å²) in [7, 11) is 0. The van der Waals surface area contributed by atoms with E-state index in [2.05, 4.69) is 19.2 Å². The maximum atomic E-state index is 11.9. The first kappa shape index (κ1) is 12.4. The van der Waals surface area contributed by atoms with E-state index in [-0.39, 0.29) is 17.9 Å². The number of rotatable bonds is 2. The Kier molecular flexibility index (Phi) is 3.40. The fourth-order valence-electron chi connectivity index (χ4n) is 3.29. The van der Waals surface area contributed by atoms with Crippen LogP contribution in [0.1, 0.15) is 40.0 Å². The molecule has 1 aliphatic carbocycles. The monoisotopic (exact) mass is 238 g/mol. The molecular weight excluding hydrogens is 216 g/mol. The summed E-state index contributed by atoms with van der Waals surface area (Å²) in [5.74, 6) is 1.05. The first-order valence-corrected chi connectivity index (χ1v) is 6.66. The molecule has 0 aromatic carbocycles. The summed E-state index contributed by atoms with van der Waals surface area (Å²) in [6.45, 7) is 6.91. The van der Waals surface area contributed by atoms with Crippen molar-refractivity contribution in [3.05, 3.63) is 0 Å². The quantitative estimate of drug-likeness (QED) is 0.800. The molecule has 4 heteroatoms. The Hall–Kier alpha value is -1.06. The number of carbonyl (C=O) groups excluding carboxylic acids is 2. The maximum Gasteiger partial charge on any atom is 0.324 e. The number of hydrogen-bond donors (Lipinski definition) is 1. The van der Waals surface area contributed by atoms with E-state index in [1.807, 2.05) is 11.8 Å². The molecule has 17 heavy (non-hydrogen) atoms. The van der Waals surface area contributed by atoms with E-state index in [1.165, 1.54) is 12.8 Å². The van der Waals surface area contributed by atoms with Crippen molar-refractivity contribution in [3.63, 3.8) is 0 Å². The van der Waals surface area contributed by atoms with Crippen molar-refractivity contribution >= 4 is 11.9 Å². The van der Waals surface area contributed by atoms with Crippen LogP contribution in [0.25, 0.3) is 0 Å². The lowest BCUT2D eigenvalue weighted by atomic mass is 9.92. The van der Waals surface area contributed by atoms with Gasteiger partial charge >= 0.3 is 6.03 Å². The summed E-state index contributed by atoms with van der Waals surface area (Å²) in [5, 5.41) is 2.46. The van der Waals surface area contributed by atoms with Gasteiger partial charge in [0.25, 0.3) is 0 Å². The molecular formula is C13H22N2O2. The first-order chi connectivity index (χ1) is 8.04. The Bertz CT molecular complexity index is 329. The Labute approximate surface area is 103 Å². The van der Waals surface area contributed by atoms with Gasteiger partial charge in [-0.05, 0) is 24.7 Å². The third-order valence-corrected chi connectivity index (χ3v) is 4.52. The van der Waals surface area contributed by atoms with Crippen LogP contribution in [-0.4, -0.2) is 29.4 Å². The highest BCUT2D eigenvalue weighted by molar-refractivity contribution is 5.97. The molecule has 0 bridgehead atoms. The molecule has 1 N–H and O–H groups in total. The molecule has 0 aromatic rings. The van der Waals surface area contributed by atoms with Crippen LogP contribution in [0.2, 0.25) is 0 Å². The van der Waals surface area contributed by atoms with Gasteiger partial charge in [0.05, 0.1) is 5.92 Å². The molecule has 96 valence electrons. The number of nitrogens with one attached hydrogen (secondary N) is 1. The van der Waals surface area contributed by atoms with Gasteiger partial charge in [0.15, 0.2) is 0 Å². The van der Waals surface area contributed by atoms with Crippen LogP contribution < -0.4 is 5.32 Å². The zero-order valence-electron chi connectivity index (χ0n) is 10.9. The minimum absolute atomic E-state index is 0.0828. The summed E-state index contributed by atoms with van der Waals surface area (Å²) < 4.78 is 0. The molecule has 0 spiro atoms. The number of hydrogen-bond acceptors (Lipinski definition) is 2. The molecule has 2 rings (SSSR count). The van der Waals surface area contributed by atoms with Crippen LogP contribution in [-0.2, 0) is 4.79 Å². The van der Waals surface area contributed by atoms with Gasteiger partial charge in [0, 0.05) is 12.6 Å². The van der Waals surface area contributed by atoms with Crippen molar-refractivity contribution in [2.45, 2.75) is 46.1 Å². The second kappa shape index (κ2) is 4.67.